The number of amides is 2. The topological polar surface area (TPSA) is 94.3 Å². The summed E-state index contributed by atoms with van der Waals surface area (Å²) < 4.78 is 5.24. The second-order valence-electron chi connectivity index (χ2n) is 7.12. The zero-order chi connectivity index (χ0) is 22.5. The lowest BCUT2D eigenvalue weighted by Crippen LogP contribution is -2.21. The Morgan fingerprint density at radius 3 is 2.39 bits per heavy atom. The number of rotatable bonds is 7. The van der Waals surface area contributed by atoms with Gasteiger partial charge in [0.15, 0.2) is 0 Å². The van der Waals surface area contributed by atoms with Crippen molar-refractivity contribution in [1.82, 2.24) is 4.98 Å². The molecule has 3 N–H and O–H groups in total. The van der Waals surface area contributed by atoms with Crippen molar-refractivity contribution in [2.24, 2.45) is 5.73 Å². The van der Waals surface area contributed by atoms with Crippen LogP contribution in [-0.2, 0) is 4.79 Å². The molecular formula is C24H25N3O3S. The summed E-state index contributed by atoms with van der Waals surface area (Å²) in [4.78, 5) is 30.1. The van der Waals surface area contributed by atoms with E-state index in [1.54, 1.807) is 31.4 Å². The predicted molar refractivity (Wildman–Crippen MR) is 124 cm³/mol. The number of methoxy groups -OCH3 is 1. The minimum Gasteiger partial charge on any atom is -0.497 e. The minimum atomic E-state index is -0.639. The zero-order valence-corrected chi connectivity index (χ0v) is 18.7. The van der Waals surface area contributed by atoms with Gasteiger partial charge in [0.1, 0.15) is 16.0 Å². The molecule has 3 aromatic rings. The van der Waals surface area contributed by atoms with Gasteiger partial charge in [0.25, 0.3) is 5.91 Å². The summed E-state index contributed by atoms with van der Waals surface area (Å²) in [6.07, 6.45) is 0. The van der Waals surface area contributed by atoms with Crippen molar-refractivity contribution in [3.05, 3.63) is 82.5 Å². The molecule has 0 radical (unpaired) electrons. The van der Waals surface area contributed by atoms with Gasteiger partial charge < -0.3 is 15.8 Å². The van der Waals surface area contributed by atoms with Gasteiger partial charge in [-0.15, -0.1) is 0 Å². The van der Waals surface area contributed by atoms with Crippen LogP contribution in [0.15, 0.2) is 59.6 Å². The van der Waals surface area contributed by atoms with Gasteiger partial charge >= 0.3 is 0 Å². The van der Waals surface area contributed by atoms with E-state index in [2.05, 4.69) is 10.3 Å². The number of aromatic nitrogens is 1. The Balaban J connectivity index is 2.01. The average Bonchev–Trinajstić information content (AvgIpc) is 2.76. The Morgan fingerprint density at radius 1 is 1.03 bits per heavy atom. The normalized spacial score (nSPS) is 11.6. The number of pyridine rings is 1. The lowest BCUT2D eigenvalue weighted by Gasteiger charge is -2.20. The highest BCUT2D eigenvalue weighted by molar-refractivity contribution is 8.00. The number of primary amides is 1. The highest BCUT2D eigenvalue weighted by Gasteiger charge is 2.27. The van der Waals surface area contributed by atoms with Crippen molar-refractivity contribution >= 4 is 29.3 Å². The van der Waals surface area contributed by atoms with E-state index in [1.807, 2.05) is 51.1 Å². The molecule has 3 rings (SSSR count). The fraction of sp³-hybridized carbons (Fsp3) is 0.208. The van der Waals surface area contributed by atoms with Gasteiger partial charge in [-0.25, -0.2) is 4.98 Å². The molecular weight excluding hydrogens is 410 g/mol. The quantitative estimate of drug-likeness (QED) is 0.530. The van der Waals surface area contributed by atoms with Crippen molar-refractivity contribution < 1.29 is 14.3 Å². The summed E-state index contributed by atoms with van der Waals surface area (Å²) >= 11 is 1.22. The van der Waals surface area contributed by atoms with Crippen molar-refractivity contribution in [1.29, 1.82) is 0 Å². The number of hydrogen-bond acceptors (Lipinski definition) is 5. The number of nitrogens with zero attached hydrogens (tertiary/aromatic N) is 1. The monoisotopic (exact) mass is 435 g/mol. The Labute approximate surface area is 186 Å². The molecule has 0 aliphatic heterocycles. The number of benzene rings is 2. The maximum Gasteiger partial charge on any atom is 0.251 e. The molecule has 0 saturated heterocycles. The van der Waals surface area contributed by atoms with E-state index in [0.717, 1.165) is 22.4 Å². The first-order valence-electron chi connectivity index (χ1n) is 9.76. The second kappa shape index (κ2) is 9.66. The first-order chi connectivity index (χ1) is 14.8. The molecule has 1 unspecified atom stereocenters. The van der Waals surface area contributed by atoms with Crippen LogP contribution in [0.25, 0.3) is 0 Å². The third-order valence-corrected chi connectivity index (χ3v) is 6.36. The first-order valence-corrected chi connectivity index (χ1v) is 10.6. The highest BCUT2D eigenvalue weighted by atomic mass is 32.2. The number of ether oxygens (including phenoxy) is 1. The molecule has 2 amide bonds. The van der Waals surface area contributed by atoms with Gasteiger partial charge in [0.05, 0.1) is 12.7 Å². The second-order valence-corrected chi connectivity index (χ2v) is 8.22. The summed E-state index contributed by atoms with van der Waals surface area (Å²) in [6, 6.07) is 16.5. The van der Waals surface area contributed by atoms with Gasteiger partial charge in [-0.1, -0.05) is 48.2 Å². The highest BCUT2D eigenvalue weighted by Crippen LogP contribution is 2.38. The largest absolute Gasteiger partial charge is 0.497 e. The molecule has 1 heterocycles. The summed E-state index contributed by atoms with van der Waals surface area (Å²) in [5.41, 5.74) is 9.92. The standard InChI is InChI=1S/C24H25N3O3S/c1-14-15(2)20(22(25)28)24(26-16(14)3)31-21(17-9-6-5-7-10-17)23(29)27-18-11-8-12-19(13-18)30-4/h5-13,21H,1-4H3,(H2,25,28)(H,27,29). The van der Waals surface area contributed by atoms with Crippen LogP contribution in [0.3, 0.4) is 0 Å². The molecule has 160 valence electrons. The van der Waals surface area contributed by atoms with Crippen LogP contribution < -0.4 is 15.8 Å². The van der Waals surface area contributed by atoms with E-state index in [9.17, 15) is 9.59 Å². The molecule has 1 aromatic heterocycles. The fourth-order valence-electron chi connectivity index (χ4n) is 3.21. The molecule has 0 spiro atoms. The van der Waals surface area contributed by atoms with E-state index in [1.165, 1.54) is 11.8 Å². The number of aryl methyl sites for hydroxylation is 1. The molecule has 0 bridgehead atoms. The van der Waals surface area contributed by atoms with E-state index in [4.69, 9.17) is 10.5 Å². The Morgan fingerprint density at radius 2 is 1.74 bits per heavy atom. The number of thioether (sulfide) groups is 1. The summed E-state index contributed by atoms with van der Waals surface area (Å²) in [5, 5.41) is 2.75. The molecule has 0 saturated carbocycles. The lowest BCUT2D eigenvalue weighted by molar-refractivity contribution is -0.115. The van der Waals surface area contributed by atoms with Gasteiger partial charge in [-0.3, -0.25) is 9.59 Å². The molecule has 7 heteroatoms. The Hall–Kier alpha value is -3.32. The van der Waals surface area contributed by atoms with Gasteiger partial charge in [0.2, 0.25) is 5.91 Å². The summed E-state index contributed by atoms with van der Waals surface area (Å²) in [5.74, 6) is -0.155. The van der Waals surface area contributed by atoms with Crippen LogP contribution in [0.1, 0.15) is 38.0 Å². The molecule has 6 nitrogen and oxygen atoms in total. The van der Waals surface area contributed by atoms with Crippen LogP contribution >= 0.6 is 11.8 Å². The van der Waals surface area contributed by atoms with Crippen molar-refractivity contribution in [3.8, 4) is 5.75 Å². The van der Waals surface area contributed by atoms with Crippen molar-refractivity contribution in [2.45, 2.75) is 31.0 Å². The van der Waals surface area contributed by atoms with Gasteiger partial charge in [0, 0.05) is 17.4 Å². The number of hydrogen-bond donors (Lipinski definition) is 2. The SMILES string of the molecule is COc1cccc(NC(=O)C(Sc2nc(C)c(C)c(C)c2C(N)=O)c2ccccc2)c1. The number of anilines is 1. The third-order valence-electron chi connectivity index (χ3n) is 5.12. The minimum absolute atomic E-state index is 0.238. The van der Waals surface area contributed by atoms with Crippen LogP contribution in [0.2, 0.25) is 0 Å². The summed E-state index contributed by atoms with van der Waals surface area (Å²) in [7, 11) is 1.57. The maximum atomic E-state index is 13.3. The van der Waals surface area contributed by atoms with Crippen molar-refractivity contribution in [2.75, 3.05) is 12.4 Å². The molecule has 1 atom stereocenters. The Bertz CT molecular complexity index is 1120. The predicted octanol–water partition coefficient (Wildman–Crippen LogP) is 4.59. The Kier molecular flexibility index (Phi) is 6.97. The number of nitrogens with one attached hydrogen (secondary N) is 1. The number of carbonyl (C=O) groups is 2. The molecule has 0 aliphatic rings. The summed E-state index contributed by atoms with van der Waals surface area (Å²) in [6.45, 7) is 5.63. The zero-order valence-electron chi connectivity index (χ0n) is 17.9. The average molecular weight is 436 g/mol. The van der Waals surface area contributed by atoms with E-state index >= 15 is 0 Å². The van der Waals surface area contributed by atoms with Gasteiger partial charge in [-0.05, 0) is 49.6 Å². The van der Waals surface area contributed by atoms with E-state index in [0.29, 0.717) is 22.0 Å². The molecule has 0 aliphatic carbocycles. The molecule has 0 fully saturated rings. The smallest absolute Gasteiger partial charge is 0.251 e. The van der Waals surface area contributed by atoms with Crippen LogP contribution in [0.5, 0.6) is 5.75 Å². The third kappa shape index (κ3) is 5.06. The molecule has 31 heavy (non-hydrogen) atoms. The van der Waals surface area contributed by atoms with Crippen LogP contribution in [0.4, 0.5) is 5.69 Å². The van der Waals surface area contributed by atoms with E-state index in [-0.39, 0.29) is 5.91 Å². The number of nitrogens with two attached hydrogens (primary N) is 1. The first kappa shape index (κ1) is 22.4. The van der Waals surface area contributed by atoms with Crippen LogP contribution in [0, 0.1) is 20.8 Å². The van der Waals surface area contributed by atoms with E-state index < -0.39 is 11.2 Å². The van der Waals surface area contributed by atoms with Crippen molar-refractivity contribution in [3.63, 3.8) is 0 Å². The van der Waals surface area contributed by atoms with Gasteiger partial charge in [-0.2, -0.15) is 0 Å². The number of carbonyl (C=O) groups excluding carboxylic acids is 2. The maximum absolute atomic E-state index is 13.3. The fourth-order valence-corrected chi connectivity index (χ4v) is 4.45. The molecule has 2 aromatic carbocycles. The van der Waals surface area contributed by atoms with Crippen LogP contribution in [-0.4, -0.2) is 23.9 Å². The lowest BCUT2D eigenvalue weighted by atomic mass is 10.0.